The molecule has 4 rings (SSSR count). The van der Waals surface area contributed by atoms with Crippen molar-refractivity contribution < 1.29 is 19.1 Å². The highest BCUT2D eigenvalue weighted by Crippen LogP contribution is 2.44. The van der Waals surface area contributed by atoms with Gasteiger partial charge in [-0.15, -0.1) is 0 Å². The Balaban J connectivity index is 1.85. The van der Waals surface area contributed by atoms with E-state index in [0.29, 0.717) is 28.5 Å². The van der Waals surface area contributed by atoms with E-state index < -0.39 is 30.3 Å². The highest BCUT2D eigenvalue weighted by Gasteiger charge is 2.48. The van der Waals surface area contributed by atoms with Crippen LogP contribution in [-0.4, -0.2) is 35.5 Å². The summed E-state index contributed by atoms with van der Waals surface area (Å²) < 4.78 is 12.1. The van der Waals surface area contributed by atoms with Gasteiger partial charge in [0.1, 0.15) is 18.2 Å². The summed E-state index contributed by atoms with van der Waals surface area (Å²) in [5.41, 5.74) is 2.98. The molecular formula is C31H30Cl2N2O4. The van der Waals surface area contributed by atoms with Crippen LogP contribution in [0.25, 0.3) is 0 Å². The lowest BCUT2D eigenvalue weighted by Crippen LogP contribution is -2.57. The number of nitrogens with zero attached hydrogens (tertiary/aromatic N) is 2. The number of nitriles is 1. The van der Waals surface area contributed by atoms with E-state index >= 15 is 0 Å². The third kappa shape index (κ3) is 6.62. The van der Waals surface area contributed by atoms with Crippen LogP contribution in [0.2, 0.25) is 10.0 Å². The molecular weight excluding hydrogens is 535 g/mol. The third-order valence-corrected chi connectivity index (χ3v) is 7.30. The SMILES string of the molecule is CCC[C@H](C(=O)OCC)N1C(=O)[C@H](Cc2ccc(C#N)cc2)O[C@@H](c2ccc(Cl)cc2)[C@H]1c1ccc(Cl)cc1. The molecule has 6 nitrogen and oxygen atoms in total. The van der Waals surface area contributed by atoms with Crippen molar-refractivity contribution in [3.63, 3.8) is 0 Å². The van der Waals surface area contributed by atoms with Gasteiger partial charge in [0.05, 0.1) is 24.3 Å². The lowest BCUT2D eigenvalue weighted by atomic mass is 9.88. The van der Waals surface area contributed by atoms with Gasteiger partial charge < -0.3 is 14.4 Å². The first-order valence-corrected chi connectivity index (χ1v) is 13.8. The zero-order valence-electron chi connectivity index (χ0n) is 21.8. The number of hydrogen-bond acceptors (Lipinski definition) is 5. The molecule has 1 amide bonds. The van der Waals surface area contributed by atoms with Crippen molar-refractivity contribution in [2.45, 2.75) is 57.4 Å². The molecule has 0 radical (unpaired) electrons. The number of ether oxygens (including phenoxy) is 2. The minimum Gasteiger partial charge on any atom is -0.464 e. The van der Waals surface area contributed by atoms with E-state index in [0.717, 1.165) is 16.7 Å². The Labute approximate surface area is 239 Å². The van der Waals surface area contributed by atoms with Gasteiger partial charge in [0, 0.05) is 16.5 Å². The summed E-state index contributed by atoms with van der Waals surface area (Å²) in [5.74, 6) is -0.739. The lowest BCUT2D eigenvalue weighted by molar-refractivity contribution is -0.186. The van der Waals surface area contributed by atoms with Crippen molar-refractivity contribution >= 4 is 35.1 Å². The van der Waals surface area contributed by atoms with Crippen LogP contribution in [0.4, 0.5) is 0 Å². The fourth-order valence-corrected chi connectivity index (χ4v) is 5.21. The molecule has 3 aromatic carbocycles. The number of carbonyl (C=O) groups is 2. The summed E-state index contributed by atoms with van der Waals surface area (Å²) in [6.07, 6.45) is -0.0757. The molecule has 4 atom stereocenters. The second-order valence-electron chi connectivity index (χ2n) is 9.41. The van der Waals surface area contributed by atoms with Crippen LogP contribution in [0.5, 0.6) is 0 Å². The zero-order chi connectivity index (χ0) is 27.9. The number of hydrogen-bond donors (Lipinski definition) is 0. The maximum atomic E-state index is 14.3. The molecule has 8 heteroatoms. The first-order valence-electron chi connectivity index (χ1n) is 13.0. The second kappa shape index (κ2) is 13.1. The van der Waals surface area contributed by atoms with E-state index in [2.05, 4.69) is 6.07 Å². The van der Waals surface area contributed by atoms with E-state index in [9.17, 15) is 14.9 Å². The molecule has 1 aliphatic heterocycles. The molecule has 0 saturated carbocycles. The van der Waals surface area contributed by atoms with E-state index in [1.54, 1.807) is 48.2 Å². The van der Waals surface area contributed by atoms with Gasteiger partial charge in [-0.3, -0.25) is 4.79 Å². The fraction of sp³-hybridized carbons (Fsp3) is 0.323. The maximum absolute atomic E-state index is 14.3. The summed E-state index contributed by atoms with van der Waals surface area (Å²) in [6, 6.07) is 22.3. The highest BCUT2D eigenvalue weighted by atomic mass is 35.5. The zero-order valence-corrected chi connectivity index (χ0v) is 23.4. The van der Waals surface area contributed by atoms with Gasteiger partial charge in [0.2, 0.25) is 0 Å². The van der Waals surface area contributed by atoms with Crippen LogP contribution < -0.4 is 0 Å². The molecule has 1 aliphatic rings. The molecule has 0 spiro atoms. The van der Waals surface area contributed by atoms with Gasteiger partial charge in [-0.25, -0.2) is 4.79 Å². The first-order chi connectivity index (χ1) is 18.9. The number of amides is 1. The van der Waals surface area contributed by atoms with Crippen molar-refractivity contribution in [3.8, 4) is 6.07 Å². The van der Waals surface area contributed by atoms with Crippen LogP contribution in [0, 0.1) is 11.3 Å². The molecule has 39 heavy (non-hydrogen) atoms. The third-order valence-electron chi connectivity index (χ3n) is 6.80. The minimum absolute atomic E-state index is 0.207. The minimum atomic E-state index is -0.865. The summed E-state index contributed by atoms with van der Waals surface area (Å²) in [4.78, 5) is 29.2. The smallest absolute Gasteiger partial charge is 0.328 e. The molecule has 3 aromatic rings. The molecule has 1 saturated heterocycles. The number of benzene rings is 3. The summed E-state index contributed by atoms with van der Waals surface area (Å²) in [7, 11) is 0. The van der Waals surface area contributed by atoms with Gasteiger partial charge in [-0.1, -0.05) is 72.9 Å². The maximum Gasteiger partial charge on any atom is 0.328 e. The van der Waals surface area contributed by atoms with Crippen molar-refractivity contribution in [1.82, 2.24) is 4.90 Å². The van der Waals surface area contributed by atoms with Gasteiger partial charge >= 0.3 is 5.97 Å². The molecule has 0 aromatic heterocycles. The van der Waals surface area contributed by atoms with Crippen LogP contribution in [-0.2, 0) is 25.5 Å². The van der Waals surface area contributed by atoms with Gasteiger partial charge in [0.25, 0.3) is 5.91 Å². The number of rotatable bonds is 9. The number of carbonyl (C=O) groups excluding carboxylic acids is 2. The van der Waals surface area contributed by atoms with E-state index in [-0.39, 0.29) is 18.9 Å². The molecule has 0 N–H and O–H groups in total. The van der Waals surface area contributed by atoms with Crippen molar-refractivity contribution in [2.24, 2.45) is 0 Å². The molecule has 0 bridgehead atoms. The van der Waals surface area contributed by atoms with Gasteiger partial charge in [0.15, 0.2) is 0 Å². The Kier molecular flexibility index (Phi) is 9.63. The monoisotopic (exact) mass is 564 g/mol. The lowest BCUT2D eigenvalue weighted by Gasteiger charge is -2.47. The van der Waals surface area contributed by atoms with Crippen molar-refractivity contribution in [1.29, 1.82) is 5.26 Å². The summed E-state index contributed by atoms with van der Waals surface area (Å²) >= 11 is 12.4. The number of esters is 1. The largest absolute Gasteiger partial charge is 0.464 e. The quantitative estimate of drug-likeness (QED) is 0.265. The Morgan fingerprint density at radius 2 is 1.56 bits per heavy atom. The normalized spacial score (nSPS) is 19.8. The molecule has 0 unspecified atom stereocenters. The fourth-order valence-electron chi connectivity index (χ4n) is 4.96. The van der Waals surface area contributed by atoms with E-state index in [1.807, 2.05) is 43.3 Å². The van der Waals surface area contributed by atoms with Gasteiger partial charge in [-0.05, 0) is 66.4 Å². The molecule has 1 fully saturated rings. The standard InChI is InChI=1S/C31H30Cl2N2O4/c1-3-5-26(31(37)38-4-2)35-28(22-10-14-24(32)15-11-22)29(23-12-16-25(33)17-13-23)39-27(30(35)36)18-20-6-8-21(19-34)9-7-20/h6-17,26-29H,3-5,18H2,1-2H3/t26-,27+,28-,29+/m1/s1. The van der Waals surface area contributed by atoms with Crippen molar-refractivity contribution in [2.75, 3.05) is 6.61 Å². The Morgan fingerprint density at radius 3 is 2.10 bits per heavy atom. The predicted molar refractivity (Wildman–Crippen MR) is 150 cm³/mol. The summed E-state index contributed by atoms with van der Waals surface area (Å²) in [6.45, 7) is 3.93. The van der Waals surface area contributed by atoms with Crippen LogP contribution in [0.15, 0.2) is 72.8 Å². The average Bonchev–Trinajstić information content (AvgIpc) is 2.94. The molecule has 202 valence electrons. The molecule has 0 aliphatic carbocycles. The van der Waals surface area contributed by atoms with Crippen LogP contribution in [0.3, 0.4) is 0 Å². The Morgan fingerprint density at radius 1 is 0.974 bits per heavy atom. The van der Waals surface area contributed by atoms with Crippen LogP contribution in [0.1, 0.15) is 61.1 Å². The second-order valence-corrected chi connectivity index (χ2v) is 10.3. The Bertz CT molecular complexity index is 1320. The van der Waals surface area contributed by atoms with Crippen molar-refractivity contribution in [3.05, 3.63) is 105 Å². The van der Waals surface area contributed by atoms with E-state index in [4.69, 9.17) is 32.7 Å². The summed E-state index contributed by atoms with van der Waals surface area (Å²) in [5, 5.41) is 10.3. The molecule has 1 heterocycles. The van der Waals surface area contributed by atoms with Gasteiger partial charge in [-0.2, -0.15) is 5.26 Å². The van der Waals surface area contributed by atoms with Crippen LogP contribution >= 0.6 is 23.2 Å². The number of morpholine rings is 1. The predicted octanol–water partition coefficient (Wildman–Crippen LogP) is 6.85. The first kappa shape index (κ1) is 28.6. The average molecular weight is 565 g/mol. The highest BCUT2D eigenvalue weighted by molar-refractivity contribution is 6.30. The van der Waals surface area contributed by atoms with E-state index in [1.165, 1.54) is 0 Å². The topological polar surface area (TPSA) is 79.6 Å². The Hall–Kier alpha value is -3.37. The number of halogens is 2.